The summed E-state index contributed by atoms with van der Waals surface area (Å²) in [6.07, 6.45) is 0.306. The molecule has 1 amide bonds. The van der Waals surface area contributed by atoms with E-state index in [1.165, 1.54) is 0 Å². The lowest BCUT2D eigenvalue weighted by molar-refractivity contribution is -0.120. The Bertz CT molecular complexity index is 383. The molecule has 1 aromatic carbocycles. The molecule has 0 fully saturated rings. The Balaban J connectivity index is 2.56. The molecular formula is C13H20N2O2. The first-order valence-electron chi connectivity index (χ1n) is 5.60. The predicted molar refractivity (Wildman–Crippen MR) is 68.0 cm³/mol. The van der Waals surface area contributed by atoms with Gasteiger partial charge in [0.15, 0.2) is 0 Å². The topological polar surface area (TPSA) is 64.3 Å². The van der Waals surface area contributed by atoms with Gasteiger partial charge >= 0.3 is 0 Å². The van der Waals surface area contributed by atoms with Crippen LogP contribution in [0.1, 0.15) is 19.4 Å². The molecular weight excluding hydrogens is 216 g/mol. The molecule has 3 N–H and O–H groups in total. The van der Waals surface area contributed by atoms with Crippen LogP contribution in [0.4, 0.5) is 0 Å². The zero-order valence-electron chi connectivity index (χ0n) is 10.6. The number of methoxy groups -OCH3 is 1. The van der Waals surface area contributed by atoms with Gasteiger partial charge in [-0.15, -0.1) is 0 Å². The van der Waals surface area contributed by atoms with Crippen molar-refractivity contribution in [3.8, 4) is 5.75 Å². The zero-order valence-corrected chi connectivity index (χ0v) is 10.6. The van der Waals surface area contributed by atoms with E-state index in [4.69, 9.17) is 10.5 Å². The molecule has 4 nitrogen and oxygen atoms in total. The molecule has 0 bridgehead atoms. The van der Waals surface area contributed by atoms with Crippen LogP contribution in [-0.2, 0) is 11.2 Å². The van der Waals surface area contributed by atoms with Crippen molar-refractivity contribution >= 4 is 5.91 Å². The summed E-state index contributed by atoms with van der Waals surface area (Å²) in [4.78, 5) is 11.7. The fourth-order valence-electron chi connectivity index (χ4n) is 1.41. The van der Waals surface area contributed by atoms with Gasteiger partial charge in [0.1, 0.15) is 5.75 Å². The number of rotatable bonds is 5. The number of hydrogen-bond donors (Lipinski definition) is 2. The molecule has 4 heteroatoms. The first kappa shape index (κ1) is 13.5. The Kier molecular flexibility index (Phi) is 4.52. The molecule has 0 spiro atoms. The summed E-state index contributed by atoms with van der Waals surface area (Å²) in [6.45, 7) is 4.20. The van der Waals surface area contributed by atoms with Crippen molar-refractivity contribution in [1.82, 2.24) is 5.32 Å². The molecule has 0 aromatic heterocycles. The third-order valence-corrected chi connectivity index (χ3v) is 2.28. The fraction of sp³-hybridized carbons (Fsp3) is 0.462. The van der Waals surface area contributed by atoms with Crippen LogP contribution >= 0.6 is 0 Å². The molecule has 0 heterocycles. The van der Waals surface area contributed by atoms with E-state index in [0.717, 1.165) is 11.3 Å². The molecule has 0 radical (unpaired) electrons. The van der Waals surface area contributed by atoms with Gasteiger partial charge in [0.2, 0.25) is 5.91 Å². The minimum atomic E-state index is -0.392. The molecule has 0 unspecified atom stereocenters. The molecule has 1 aromatic rings. The van der Waals surface area contributed by atoms with Crippen LogP contribution in [0.25, 0.3) is 0 Å². The highest BCUT2D eigenvalue weighted by atomic mass is 16.5. The van der Waals surface area contributed by atoms with Crippen molar-refractivity contribution < 1.29 is 9.53 Å². The Labute approximate surface area is 102 Å². The monoisotopic (exact) mass is 236 g/mol. The summed E-state index contributed by atoms with van der Waals surface area (Å²) in [5.41, 5.74) is 6.28. The number of benzene rings is 1. The van der Waals surface area contributed by atoms with Crippen molar-refractivity contribution in [2.24, 2.45) is 5.73 Å². The highest BCUT2D eigenvalue weighted by Crippen LogP contribution is 2.17. The van der Waals surface area contributed by atoms with Gasteiger partial charge in [-0.3, -0.25) is 4.79 Å². The number of hydrogen-bond acceptors (Lipinski definition) is 3. The Morgan fingerprint density at radius 1 is 1.41 bits per heavy atom. The Morgan fingerprint density at radius 2 is 2.06 bits per heavy atom. The van der Waals surface area contributed by atoms with Crippen LogP contribution in [-0.4, -0.2) is 25.1 Å². The molecule has 0 saturated carbocycles. The van der Waals surface area contributed by atoms with Crippen LogP contribution in [0, 0.1) is 0 Å². The second-order valence-electron chi connectivity index (χ2n) is 4.75. The van der Waals surface area contributed by atoms with E-state index < -0.39 is 5.54 Å². The molecule has 0 saturated heterocycles. The Hall–Kier alpha value is -1.55. The highest BCUT2D eigenvalue weighted by Gasteiger charge is 2.13. The van der Waals surface area contributed by atoms with E-state index in [2.05, 4.69) is 5.32 Å². The first-order valence-corrected chi connectivity index (χ1v) is 5.60. The maximum absolute atomic E-state index is 11.7. The number of carbonyl (C=O) groups is 1. The molecule has 0 aliphatic rings. The summed E-state index contributed by atoms with van der Waals surface area (Å²) < 4.78 is 5.19. The van der Waals surface area contributed by atoms with Crippen LogP contribution in [0.5, 0.6) is 5.75 Å². The first-order chi connectivity index (χ1) is 7.92. The SMILES string of the molecule is COc1ccccc1CC(=O)NCC(C)(C)N. The highest BCUT2D eigenvalue weighted by molar-refractivity contribution is 5.79. The number of ether oxygens (including phenoxy) is 1. The average Bonchev–Trinajstić information content (AvgIpc) is 2.26. The zero-order chi connectivity index (χ0) is 12.9. The number of amides is 1. The van der Waals surface area contributed by atoms with Crippen molar-refractivity contribution in [2.75, 3.05) is 13.7 Å². The summed E-state index contributed by atoms with van der Waals surface area (Å²) in [6, 6.07) is 7.49. The number of nitrogens with two attached hydrogens (primary N) is 1. The lowest BCUT2D eigenvalue weighted by Crippen LogP contribution is -2.45. The summed E-state index contributed by atoms with van der Waals surface area (Å²) in [5, 5.41) is 2.80. The van der Waals surface area contributed by atoms with E-state index in [9.17, 15) is 4.79 Å². The third-order valence-electron chi connectivity index (χ3n) is 2.28. The predicted octanol–water partition coefficient (Wildman–Crippen LogP) is 1.09. The van der Waals surface area contributed by atoms with Gasteiger partial charge in [0.05, 0.1) is 13.5 Å². The van der Waals surface area contributed by atoms with Gasteiger partial charge in [-0.1, -0.05) is 18.2 Å². The van der Waals surface area contributed by atoms with Gasteiger partial charge in [-0.05, 0) is 19.9 Å². The van der Waals surface area contributed by atoms with E-state index in [-0.39, 0.29) is 5.91 Å². The number of carbonyl (C=O) groups excluding carboxylic acids is 1. The third kappa shape index (κ3) is 4.87. The second-order valence-corrected chi connectivity index (χ2v) is 4.75. The maximum atomic E-state index is 11.7. The van der Waals surface area contributed by atoms with Crippen LogP contribution in [0.3, 0.4) is 0 Å². The molecule has 1 rings (SSSR count). The van der Waals surface area contributed by atoms with Gasteiger partial charge in [0.25, 0.3) is 0 Å². The van der Waals surface area contributed by atoms with Gasteiger partial charge < -0.3 is 15.8 Å². The van der Waals surface area contributed by atoms with E-state index >= 15 is 0 Å². The minimum Gasteiger partial charge on any atom is -0.496 e. The average molecular weight is 236 g/mol. The molecule has 0 aliphatic carbocycles. The number of nitrogens with one attached hydrogen (secondary N) is 1. The normalized spacial score (nSPS) is 11.1. The number of para-hydroxylation sites is 1. The summed E-state index contributed by atoms with van der Waals surface area (Å²) in [5.74, 6) is 0.683. The largest absolute Gasteiger partial charge is 0.496 e. The van der Waals surface area contributed by atoms with E-state index in [1.54, 1.807) is 7.11 Å². The molecule has 94 valence electrons. The van der Waals surface area contributed by atoms with Crippen molar-refractivity contribution in [3.05, 3.63) is 29.8 Å². The van der Waals surface area contributed by atoms with Crippen LogP contribution in [0.15, 0.2) is 24.3 Å². The fourth-order valence-corrected chi connectivity index (χ4v) is 1.41. The second kappa shape index (κ2) is 5.68. The van der Waals surface area contributed by atoms with E-state index in [0.29, 0.717) is 13.0 Å². The van der Waals surface area contributed by atoms with Crippen molar-refractivity contribution in [2.45, 2.75) is 25.8 Å². The van der Waals surface area contributed by atoms with Gasteiger partial charge in [0, 0.05) is 17.6 Å². The lowest BCUT2D eigenvalue weighted by Gasteiger charge is -2.19. The smallest absolute Gasteiger partial charge is 0.224 e. The van der Waals surface area contributed by atoms with Crippen LogP contribution < -0.4 is 15.8 Å². The van der Waals surface area contributed by atoms with Gasteiger partial charge in [-0.2, -0.15) is 0 Å². The van der Waals surface area contributed by atoms with Crippen molar-refractivity contribution in [3.63, 3.8) is 0 Å². The van der Waals surface area contributed by atoms with Crippen molar-refractivity contribution in [1.29, 1.82) is 0 Å². The van der Waals surface area contributed by atoms with Crippen LogP contribution in [0.2, 0.25) is 0 Å². The minimum absolute atomic E-state index is 0.0481. The molecule has 17 heavy (non-hydrogen) atoms. The lowest BCUT2D eigenvalue weighted by atomic mass is 10.1. The van der Waals surface area contributed by atoms with Gasteiger partial charge in [-0.25, -0.2) is 0 Å². The molecule has 0 atom stereocenters. The quantitative estimate of drug-likeness (QED) is 0.804. The standard InChI is InChI=1S/C13H20N2O2/c1-13(2,14)9-15-12(16)8-10-6-4-5-7-11(10)17-3/h4-7H,8-9,14H2,1-3H3,(H,15,16). The van der Waals surface area contributed by atoms with E-state index in [1.807, 2.05) is 38.1 Å². The maximum Gasteiger partial charge on any atom is 0.224 e. The summed E-state index contributed by atoms with van der Waals surface area (Å²) >= 11 is 0. The molecule has 0 aliphatic heterocycles. The summed E-state index contributed by atoms with van der Waals surface area (Å²) in [7, 11) is 1.60. The Morgan fingerprint density at radius 3 is 2.65 bits per heavy atom.